The summed E-state index contributed by atoms with van der Waals surface area (Å²) in [5.74, 6) is -0.219. The predicted molar refractivity (Wildman–Crippen MR) is 156 cm³/mol. The Morgan fingerprint density at radius 1 is 1.12 bits per heavy atom. The zero-order valence-corrected chi connectivity index (χ0v) is 24.2. The van der Waals surface area contributed by atoms with Gasteiger partial charge in [0.25, 0.3) is 0 Å². The van der Waals surface area contributed by atoms with Crippen LogP contribution in [-0.4, -0.2) is 43.1 Å². The minimum atomic E-state index is -1.04. The topological polar surface area (TPSA) is 80.5 Å². The molecule has 6 rings (SSSR count). The Kier molecular flexibility index (Phi) is 6.26. The molecule has 1 aliphatic heterocycles. The van der Waals surface area contributed by atoms with Crippen LogP contribution < -0.4 is 4.74 Å². The molecule has 0 fully saturated rings. The van der Waals surface area contributed by atoms with Crippen molar-refractivity contribution in [2.75, 3.05) is 6.54 Å². The average molecular weight is 539 g/mol. The minimum Gasteiger partial charge on any atom is -0.486 e. The maximum absolute atomic E-state index is 12.7. The maximum Gasteiger partial charge on any atom is 0.310 e. The Morgan fingerprint density at radius 3 is 2.67 bits per heavy atom. The Morgan fingerprint density at radius 2 is 1.90 bits per heavy atom. The van der Waals surface area contributed by atoms with Gasteiger partial charge in [-0.2, -0.15) is 0 Å². The molecule has 40 heavy (non-hydrogen) atoms. The molecule has 1 aliphatic carbocycles. The van der Waals surface area contributed by atoms with Gasteiger partial charge in [-0.3, -0.25) is 9.69 Å². The number of hydrogen-bond donors (Lipinski definition) is 1. The molecule has 2 heterocycles. The lowest BCUT2D eigenvalue weighted by Gasteiger charge is -2.35. The molecule has 0 spiro atoms. The first kappa shape index (κ1) is 26.5. The van der Waals surface area contributed by atoms with Gasteiger partial charge in [-0.15, -0.1) is 5.10 Å². The van der Waals surface area contributed by atoms with Crippen LogP contribution in [0.3, 0.4) is 0 Å². The first-order valence-corrected chi connectivity index (χ1v) is 14.1. The van der Waals surface area contributed by atoms with Gasteiger partial charge in [0.15, 0.2) is 0 Å². The number of aryl methyl sites for hydroxylation is 3. The molecule has 4 aromatic rings. The van der Waals surface area contributed by atoms with Crippen molar-refractivity contribution < 1.29 is 14.6 Å². The Balaban J connectivity index is 1.45. The molecule has 1 unspecified atom stereocenters. The van der Waals surface area contributed by atoms with Crippen molar-refractivity contribution in [1.82, 2.24) is 19.9 Å². The molecule has 208 valence electrons. The first-order chi connectivity index (χ1) is 19.0. The monoisotopic (exact) mass is 538 g/mol. The van der Waals surface area contributed by atoms with Crippen molar-refractivity contribution in [3.63, 3.8) is 0 Å². The van der Waals surface area contributed by atoms with E-state index >= 15 is 0 Å². The van der Waals surface area contributed by atoms with Gasteiger partial charge in [-0.1, -0.05) is 47.7 Å². The van der Waals surface area contributed by atoms with Crippen LogP contribution in [0.5, 0.6) is 5.75 Å². The second-order valence-corrected chi connectivity index (χ2v) is 12.7. The molecule has 3 aromatic carbocycles. The highest BCUT2D eigenvalue weighted by Gasteiger charge is 2.42. The van der Waals surface area contributed by atoms with E-state index in [4.69, 9.17) is 4.74 Å². The summed E-state index contributed by atoms with van der Waals surface area (Å²) in [4.78, 5) is 15.3. The number of carboxylic acids is 1. The van der Waals surface area contributed by atoms with Gasteiger partial charge in [0.05, 0.1) is 10.9 Å². The Hall–Kier alpha value is -3.71. The van der Waals surface area contributed by atoms with Gasteiger partial charge >= 0.3 is 5.97 Å². The SMILES string of the molecule is Cc1c(C(c2ccc3c(c2)[C@H](N2Cc4ccccc4OC(C)(C)C2)CC3)C(C)(C)C(=O)O)ccc2c1nnn2C. The van der Waals surface area contributed by atoms with Crippen LogP contribution in [0.1, 0.15) is 79.5 Å². The molecule has 0 radical (unpaired) electrons. The van der Waals surface area contributed by atoms with E-state index in [-0.39, 0.29) is 17.6 Å². The highest BCUT2D eigenvalue weighted by molar-refractivity contribution is 5.81. The van der Waals surface area contributed by atoms with E-state index in [1.807, 2.05) is 40.0 Å². The molecule has 1 aromatic heterocycles. The molecule has 0 saturated carbocycles. The summed E-state index contributed by atoms with van der Waals surface area (Å²) >= 11 is 0. The lowest BCUT2D eigenvalue weighted by Crippen LogP contribution is -2.41. The van der Waals surface area contributed by atoms with Crippen molar-refractivity contribution in [3.05, 3.63) is 88.0 Å². The van der Waals surface area contributed by atoms with Crippen molar-refractivity contribution in [1.29, 1.82) is 0 Å². The van der Waals surface area contributed by atoms with E-state index < -0.39 is 11.4 Å². The smallest absolute Gasteiger partial charge is 0.310 e. The molecule has 0 bridgehead atoms. The minimum absolute atomic E-state index is 0.237. The van der Waals surface area contributed by atoms with Crippen LogP contribution in [0.25, 0.3) is 11.0 Å². The number of nitrogens with zero attached hydrogens (tertiary/aromatic N) is 4. The van der Waals surface area contributed by atoms with Crippen LogP contribution in [-0.2, 0) is 24.8 Å². The van der Waals surface area contributed by atoms with E-state index in [1.165, 1.54) is 16.7 Å². The summed E-state index contributed by atoms with van der Waals surface area (Å²) in [6, 6.07) is 19.3. The van der Waals surface area contributed by atoms with E-state index in [0.29, 0.717) is 0 Å². The van der Waals surface area contributed by atoms with Gasteiger partial charge in [0.2, 0.25) is 0 Å². The molecule has 0 amide bonds. The lowest BCUT2D eigenvalue weighted by atomic mass is 9.69. The van der Waals surface area contributed by atoms with Crippen molar-refractivity contribution in [2.24, 2.45) is 12.5 Å². The summed E-state index contributed by atoms with van der Waals surface area (Å²) in [6.45, 7) is 11.6. The number of ether oxygens (including phenoxy) is 1. The summed E-state index contributed by atoms with van der Waals surface area (Å²) in [5.41, 5.74) is 7.22. The number of rotatable bonds is 5. The average Bonchev–Trinajstić information content (AvgIpc) is 3.45. The number of aliphatic carboxylic acids is 1. The molecule has 0 saturated heterocycles. The second-order valence-electron chi connectivity index (χ2n) is 12.7. The Labute approximate surface area is 235 Å². The van der Waals surface area contributed by atoms with E-state index in [9.17, 15) is 9.90 Å². The second kappa shape index (κ2) is 9.44. The van der Waals surface area contributed by atoms with Crippen molar-refractivity contribution >= 4 is 17.0 Å². The maximum atomic E-state index is 12.7. The summed E-state index contributed by atoms with van der Waals surface area (Å²) in [6.07, 6.45) is 2.05. The van der Waals surface area contributed by atoms with E-state index in [1.54, 1.807) is 4.68 Å². The quantitative estimate of drug-likeness (QED) is 0.327. The zero-order valence-electron chi connectivity index (χ0n) is 24.2. The normalized spacial score (nSPS) is 19.5. The molecule has 7 nitrogen and oxygen atoms in total. The zero-order chi connectivity index (χ0) is 28.4. The number of aromatic nitrogens is 3. The van der Waals surface area contributed by atoms with Gasteiger partial charge in [0, 0.05) is 37.7 Å². The van der Waals surface area contributed by atoms with Gasteiger partial charge in [-0.05, 0) is 87.4 Å². The van der Waals surface area contributed by atoms with Crippen LogP contribution in [0.15, 0.2) is 54.6 Å². The molecule has 2 aliphatic rings. The summed E-state index contributed by atoms with van der Waals surface area (Å²) < 4.78 is 8.20. The number of hydrogen-bond acceptors (Lipinski definition) is 5. The fraction of sp³-hybridized carbons (Fsp3) is 0.424. The third-order valence-electron chi connectivity index (χ3n) is 8.97. The van der Waals surface area contributed by atoms with Gasteiger partial charge in [0.1, 0.15) is 16.9 Å². The number of benzene rings is 3. The molecular formula is C33H38N4O3. The van der Waals surface area contributed by atoms with Crippen molar-refractivity contribution in [3.8, 4) is 5.75 Å². The van der Waals surface area contributed by atoms with E-state index in [0.717, 1.165) is 59.4 Å². The predicted octanol–water partition coefficient (Wildman–Crippen LogP) is 6.18. The number of carbonyl (C=O) groups is 1. The van der Waals surface area contributed by atoms with Crippen LogP contribution in [0, 0.1) is 12.3 Å². The summed E-state index contributed by atoms with van der Waals surface area (Å²) in [7, 11) is 1.88. The van der Waals surface area contributed by atoms with E-state index in [2.05, 4.69) is 71.5 Å². The molecule has 2 atom stereocenters. The fourth-order valence-electron chi connectivity index (χ4n) is 6.88. The standard InChI is InChI=1S/C33H38N4O3/c1-20-24(14-16-27-30(20)34-35-36(27)6)29(33(4,5)31(38)39)22-12-11-21-13-15-26(25(21)17-22)37-18-23-9-7-8-10-28(23)40-32(2,3)19-37/h7-12,14,16-17,26,29H,13,15,18-19H2,1-6H3,(H,38,39)/t26-,29?/m1/s1. The third kappa shape index (κ3) is 4.37. The molecule has 1 N–H and O–H groups in total. The number of para-hydroxylation sites is 1. The highest BCUT2D eigenvalue weighted by Crippen LogP contribution is 2.47. The van der Waals surface area contributed by atoms with Crippen LogP contribution >= 0.6 is 0 Å². The van der Waals surface area contributed by atoms with Crippen LogP contribution in [0.2, 0.25) is 0 Å². The molecule has 7 heteroatoms. The number of fused-ring (bicyclic) bond motifs is 3. The largest absolute Gasteiger partial charge is 0.486 e. The number of carboxylic acid groups (broad SMARTS) is 1. The van der Waals surface area contributed by atoms with Gasteiger partial charge < -0.3 is 9.84 Å². The van der Waals surface area contributed by atoms with Crippen molar-refractivity contribution in [2.45, 2.75) is 71.6 Å². The first-order valence-electron chi connectivity index (χ1n) is 14.1. The lowest BCUT2D eigenvalue weighted by molar-refractivity contribution is -0.147. The highest BCUT2D eigenvalue weighted by atomic mass is 16.5. The van der Waals surface area contributed by atoms with Crippen LogP contribution in [0.4, 0.5) is 0 Å². The fourth-order valence-corrected chi connectivity index (χ4v) is 6.88. The van der Waals surface area contributed by atoms with Gasteiger partial charge in [-0.25, -0.2) is 4.68 Å². The Bertz CT molecular complexity index is 1620. The molecular weight excluding hydrogens is 500 g/mol. The third-order valence-corrected chi connectivity index (χ3v) is 8.97. The summed E-state index contributed by atoms with van der Waals surface area (Å²) in [5, 5.41) is 19.0.